The lowest BCUT2D eigenvalue weighted by molar-refractivity contribution is 0.351. The Hall–Kier alpha value is -0.263. The average Bonchev–Trinajstić information content (AvgIpc) is 2.02. The smallest absolute Gasteiger partial charge is 0.191 e. The van der Waals surface area contributed by atoms with Crippen molar-refractivity contribution in [3.63, 3.8) is 0 Å². The second-order valence-electron chi connectivity index (χ2n) is 3.44. The van der Waals surface area contributed by atoms with Gasteiger partial charge >= 0.3 is 0 Å². The van der Waals surface area contributed by atoms with Crippen LogP contribution in [0.3, 0.4) is 0 Å². The zero-order chi connectivity index (χ0) is 9.45. The molecule has 0 aliphatic carbocycles. The predicted octanol–water partition coefficient (Wildman–Crippen LogP) is 3.03. The number of hydrogen-bond acceptors (Lipinski definition) is 1. The summed E-state index contributed by atoms with van der Waals surface area (Å²) in [5.74, 6) is 2.55. The normalized spacial score (nSPS) is 11.2. The van der Waals surface area contributed by atoms with Crippen LogP contribution >= 0.6 is 0 Å². The lowest BCUT2D eigenvalue weighted by atomic mass is 10.6. The van der Waals surface area contributed by atoms with E-state index in [-0.39, 0.29) is 0 Å². The van der Waals surface area contributed by atoms with Crippen LogP contribution < -0.4 is 0 Å². The first kappa shape index (κ1) is 11.7. The van der Waals surface area contributed by atoms with Crippen molar-refractivity contribution in [2.45, 2.75) is 45.3 Å². The first-order chi connectivity index (χ1) is 5.68. The van der Waals surface area contributed by atoms with Crippen molar-refractivity contribution in [1.29, 1.82) is 0 Å². The molecule has 0 unspecified atom stereocenters. The van der Waals surface area contributed by atoms with Crippen LogP contribution in [-0.2, 0) is 4.43 Å². The lowest BCUT2D eigenvalue weighted by Crippen LogP contribution is -2.34. The summed E-state index contributed by atoms with van der Waals surface area (Å²) in [6.45, 7) is 7.21. The lowest BCUT2D eigenvalue weighted by Gasteiger charge is -2.25. The first-order valence-corrected chi connectivity index (χ1v) is 7.58. The molecule has 1 nitrogen and oxygen atoms in total. The summed E-state index contributed by atoms with van der Waals surface area (Å²) in [6.07, 6.45) is 7.61. The van der Waals surface area contributed by atoms with Crippen LogP contribution in [0.25, 0.3) is 0 Å². The van der Waals surface area contributed by atoms with Crippen LogP contribution in [0.2, 0.25) is 18.6 Å². The predicted molar refractivity (Wildman–Crippen MR) is 56.6 cm³/mol. The molecular weight excluding hydrogens is 164 g/mol. The first-order valence-electron chi connectivity index (χ1n) is 4.76. The summed E-state index contributed by atoms with van der Waals surface area (Å²) >= 11 is 0. The van der Waals surface area contributed by atoms with Crippen LogP contribution in [0, 0.1) is 12.3 Å². The molecule has 12 heavy (non-hydrogen) atoms. The molecule has 0 amide bonds. The summed E-state index contributed by atoms with van der Waals surface area (Å²) in [4.78, 5) is 0. The van der Waals surface area contributed by atoms with Gasteiger partial charge in [0.15, 0.2) is 8.32 Å². The van der Waals surface area contributed by atoms with E-state index < -0.39 is 8.32 Å². The van der Waals surface area contributed by atoms with Gasteiger partial charge in [-0.3, -0.25) is 0 Å². The second-order valence-corrected chi connectivity index (χ2v) is 7.63. The molecule has 0 rings (SSSR count). The molecule has 2 heteroatoms. The Morgan fingerprint density at radius 2 is 1.75 bits per heavy atom. The fourth-order valence-corrected chi connectivity index (χ4v) is 4.63. The maximum absolute atomic E-state index is 5.76. The molecule has 0 fully saturated rings. The van der Waals surface area contributed by atoms with E-state index in [1.54, 1.807) is 0 Å². The molecular formula is C10H20OSi. The molecule has 0 bridgehead atoms. The van der Waals surface area contributed by atoms with Crippen LogP contribution in [0.1, 0.15) is 26.7 Å². The monoisotopic (exact) mass is 184 g/mol. The Bertz CT molecular complexity index is 142. The van der Waals surface area contributed by atoms with Gasteiger partial charge in [0, 0.05) is 0 Å². The van der Waals surface area contributed by atoms with Crippen molar-refractivity contribution in [2.24, 2.45) is 0 Å². The standard InChI is InChI=1S/C10H20OSi/c1-5-8-11-12(4,9-6-2)10-7-3/h1H,6-10H2,2-4H3. The van der Waals surface area contributed by atoms with Crippen molar-refractivity contribution < 1.29 is 4.43 Å². The highest BCUT2D eigenvalue weighted by atomic mass is 28.4. The third kappa shape index (κ3) is 4.58. The Morgan fingerprint density at radius 3 is 2.08 bits per heavy atom. The van der Waals surface area contributed by atoms with Gasteiger partial charge in [-0.15, -0.1) is 6.42 Å². The van der Waals surface area contributed by atoms with Crippen molar-refractivity contribution in [2.75, 3.05) is 6.61 Å². The van der Waals surface area contributed by atoms with Gasteiger partial charge in [-0.2, -0.15) is 0 Å². The Kier molecular flexibility index (Phi) is 6.14. The third-order valence-electron chi connectivity index (χ3n) is 2.06. The van der Waals surface area contributed by atoms with E-state index in [4.69, 9.17) is 10.8 Å². The largest absolute Gasteiger partial charge is 0.406 e. The van der Waals surface area contributed by atoms with E-state index in [0.717, 1.165) is 0 Å². The SMILES string of the molecule is C#CCO[Si](C)(CCC)CCC. The zero-order valence-corrected chi connectivity index (χ0v) is 9.52. The summed E-state index contributed by atoms with van der Waals surface area (Å²) in [5.41, 5.74) is 0. The average molecular weight is 184 g/mol. The minimum Gasteiger partial charge on any atom is -0.406 e. The minimum atomic E-state index is -1.41. The fraction of sp³-hybridized carbons (Fsp3) is 0.800. The van der Waals surface area contributed by atoms with Crippen LogP contribution in [0.4, 0.5) is 0 Å². The Morgan fingerprint density at radius 1 is 1.25 bits per heavy atom. The van der Waals surface area contributed by atoms with E-state index in [2.05, 4.69) is 26.3 Å². The van der Waals surface area contributed by atoms with Crippen molar-refractivity contribution in [1.82, 2.24) is 0 Å². The summed E-state index contributed by atoms with van der Waals surface area (Å²) in [5, 5.41) is 0. The Labute approximate surface area is 77.6 Å². The van der Waals surface area contributed by atoms with Crippen LogP contribution in [-0.4, -0.2) is 14.9 Å². The molecule has 0 saturated carbocycles. The molecule has 0 spiro atoms. The highest BCUT2D eigenvalue weighted by Crippen LogP contribution is 2.20. The van der Waals surface area contributed by atoms with Gasteiger partial charge in [-0.1, -0.05) is 32.6 Å². The van der Waals surface area contributed by atoms with Crippen molar-refractivity contribution in [3.8, 4) is 12.3 Å². The number of terminal acetylenes is 1. The van der Waals surface area contributed by atoms with E-state index in [9.17, 15) is 0 Å². The fourth-order valence-electron chi connectivity index (χ4n) is 1.54. The molecule has 0 aromatic rings. The number of hydrogen-bond donors (Lipinski definition) is 0. The van der Waals surface area contributed by atoms with E-state index in [0.29, 0.717) is 6.61 Å². The quantitative estimate of drug-likeness (QED) is 0.455. The van der Waals surface area contributed by atoms with E-state index in [1.807, 2.05) is 0 Å². The zero-order valence-electron chi connectivity index (χ0n) is 8.52. The molecule has 0 radical (unpaired) electrons. The number of rotatable bonds is 6. The van der Waals surface area contributed by atoms with Gasteiger partial charge in [0.2, 0.25) is 0 Å². The topological polar surface area (TPSA) is 9.23 Å². The highest BCUT2D eigenvalue weighted by molar-refractivity contribution is 6.72. The molecule has 0 aromatic heterocycles. The molecule has 0 heterocycles. The highest BCUT2D eigenvalue weighted by Gasteiger charge is 2.26. The maximum atomic E-state index is 5.76. The van der Waals surface area contributed by atoms with Gasteiger partial charge in [-0.25, -0.2) is 0 Å². The van der Waals surface area contributed by atoms with Gasteiger partial charge < -0.3 is 4.43 Å². The summed E-state index contributed by atoms with van der Waals surface area (Å²) in [7, 11) is -1.41. The molecule has 0 saturated heterocycles. The third-order valence-corrected chi connectivity index (χ3v) is 6.02. The van der Waals surface area contributed by atoms with Gasteiger partial charge in [0.25, 0.3) is 0 Å². The van der Waals surface area contributed by atoms with E-state index in [1.165, 1.54) is 24.9 Å². The minimum absolute atomic E-state index is 0.503. The van der Waals surface area contributed by atoms with Crippen molar-refractivity contribution >= 4 is 8.32 Å². The molecule has 0 N–H and O–H groups in total. The maximum Gasteiger partial charge on any atom is 0.191 e. The van der Waals surface area contributed by atoms with Crippen molar-refractivity contribution in [3.05, 3.63) is 0 Å². The Balaban J connectivity index is 3.90. The molecule has 0 aliphatic heterocycles. The second kappa shape index (κ2) is 6.27. The van der Waals surface area contributed by atoms with Crippen LogP contribution in [0.15, 0.2) is 0 Å². The molecule has 0 atom stereocenters. The molecule has 0 aliphatic rings. The van der Waals surface area contributed by atoms with Crippen LogP contribution in [0.5, 0.6) is 0 Å². The summed E-state index contributed by atoms with van der Waals surface area (Å²) < 4.78 is 5.76. The van der Waals surface area contributed by atoms with Gasteiger partial charge in [0.1, 0.15) is 0 Å². The molecule has 70 valence electrons. The van der Waals surface area contributed by atoms with Gasteiger partial charge in [-0.05, 0) is 18.6 Å². The molecule has 0 aromatic carbocycles. The summed E-state index contributed by atoms with van der Waals surface area (Å²) in [6, 6.07) is 2.48. The van der Waals surface area contributed by atoms with E-state index >= 15 is 0 Å². The van der Waals surface area contributed by atoms with Gasteiger partial charge in [0.05, 0.1) is 6.61 Å².